The molecule has 3 heterocycles. The predicted octanol–water partition coefficient (Wildman–Crippen LogP) is 3.16. The number of carbonyl (C=O) groups excluding carboxylic acids is 1. The van der Waals surface area contributed by atoms with Gasteiger partial charge in [-0.2, -0.15) is 16.7 Å². The van der Waals surface area contributed by atoms with Crippen LogP contribution in [0.3, 0.4) is 0 Å². The molecule has 0 saturated carbocycles. The molecule has 2 aliphatic rings. The summed E-state index contributed by atoms with van der Waals surface area (Å²) in [6, 6.07) is 4.97. The van der Waals surface area contributed by atoms with Crippen molar-refractivity contribution in [2.45, 2.75) is 38.6 Å². The summed E-state index contributed by atoms with van der Waals surface area (Å²) in [6.45, 7) is 5.28. The normalized spacial score (nSPS) is 20.3. The van der Waals surface area contributed by atoms with Crippen LogP contribution in [0.25, 0.3) is 11.4 Å². The van der Waals surface area contributed by atoms with E-state index in [4.69, 9.17) is 4.52 Å². The number of carbonyl (C=O) groups is 1. The van der Waals surface area contributed by atoms with Crippen LogP contribution < -0.4 is 0 Å². The van der Waals surface area contributed by atoms with Crippen LogP contribution in [0.15, 0.2) is 22.7 Å². The van der Waals surface area contributed by atoms with E-state index in [0.717, 1.165) is 56.9 Å². The molecule has 0 radical (unpaired) electrons. The second-order valence-electron chi connectivity index (χ2n) is 7.71. The molecule has 2 aliphatic heterocycles. The van der Waals surface area contributed by atoms with Crippen molar-refractivity contribution in [3.05, 3.63) is 35.5 Å². The smallest absolute Gasteiger partial charge is 0.239 e. The molecule has 0 spiro atoms. The Kier molecular flexibility index (Phi) is 6.50. The molecule has 2 fully saturated rings. The molecular weight excluding hydrogens is 391 g/mol. The highest BCUT2D eigenvalue weighted by molar-refractivity contribution is 7.99. The van der Waals surface area contributed by atoms with Crippen LogP contribution >= 0.6 is 11.8 Å². The van der Waals surface area contributed by atoms with Gasteiger partial charge in [0, 0.05) is 36.6 Å². The van der Waals surface area contributed by atoms with E-state index < -0.39 is 0 Å². The monoisotopic (exact) mass is 418 g/mol. The summed E-state index contributed by atoms with van der Waals surface area (Å²) in [5, 5.41) is 3.98. The molecule has 2 saturated heterocycles. The number of likely N-dealkylation sites (tertiary alicyclic amines) is 1. The third kappa shape index (κ3) is 4.80. The maximum Gasteiger partial charge on any atom is 0.239 e. The standard InChI is InChI=1S/C21H27FN4O2S/c1-15-6-7-16(14-17(15)22)20-23-19(28-24-20)5-3-9-25-8-2-4-18(25)21(27)26-10-12-29-13-11-26/h6-7,14,18H,2-5,8-13H2,1H3. The molecule has 1 unspecified atom stereocenters. The van der Waals surface area contributed by atoms with Crippen molar-refractivity contribution in [2.24, 2.45) is 0 Å². The molecular formula is C21H27FN4O2S. The van der Waals surface area contributed by atoms with Crippen molar-refractivity contribution in [3.8, 4) is 11.4 Å². The molecule has 1 aromatic carbocycles. The number of amides is 1. The average molecular weight is 419 g/mol. The average Bonchev–Trinajstić information content (AvgIpc) is 3.40. The second kappa shape index (κ2) is 9.26. The molecule has 1 aromatic heterocycles. The number of hydrogen-bond donors (Lipinski definition) is 0. The Balaban J connectivity index is 1.30. The fourth-order valence-electron chi connectivity index (χ4n) is 4.01. The first-order valence-corrected chi connectivity index (χ1v) is 11.5. The fraction of sp³-hybridized carbons (Fsp3) is 0.571. The van der Waals surface area contributed by atoms with Crippen molar-refractivity contribution >= 4 is 17.7 Å². The summed E-state index contributed by atoms with van der Waals surface area (Å²) >= 11 is 1.92. The number of hydrogen-bond acceptors (Lipinski definition) is 6. The van der Waals surface area contributed by atoms with Crippen molar-refractivity contribution in [3.63, 3.8) is 0 Å². The van der Waals surface area contributed by atoms with E-state index in [1.165, 1.54) is 6.07 Å². The quantitative estimate of drug-likeness (QED) is 0.718. The third-order valence-electron chi connectivity index (χ3n) is 5.71. The van der Waals surface area contributed by atoms with E-state index in [9.17, 15) is 9.18 Å². The summed E-state index contributed by atoms with van der Waals surface area (Å²) in [7, 11) is 0. The summed E-state index contributed by atoms with van der Waals surface area (Å²) in [5.41, 5.74) is 1.21. The van der Waals surface area contributed by atoms with Crippen molar-refractivity contribution in [2.75, 3.05) is 37.7 Å². The zero-order chi connectivity index (χ0) is 20.2. The minimum absolute atomic E-state index is 0.0203. The largest absolute Gasteiger partial charge is 0.340 e. The molecule has 1 amide bonds. The van der Waals surface area contributed by atoms with Crippen LogP contribution in [0, 0.1) is 12.7 Å². The lowest BCUT2D eigenvalue weighted by molar-refractivity contribution is -0.135. The summed E-state index contributed by atoms with van der Waals surface area (Å²) in [6.07, 6.45) is 3.53. The molecule has 6 nitrogen and oxygen atoms in total. The maximum atomic E-state index is 13.8. The molecule has 0 bridgehead atoms. The molecule has 156 valence electrons. The molecule has 2 aromatic rings. The third-order valence-corrected chi connectivity index (χ3v) is 6.65. The minimum Gasteiger partial charge on any atom is -0.340 e. The zero-order valence-electron chi connectivity index (χ0n) is 16.8. The SMILES string of the molecule is Cc1ccc(-c2noc(CCCN3CCCC3C(=O)N3CCSCC3)n2)cc1F. The first-order valence-electron chi connectivity index (χ1n) is 10.3. The Morgan fingerprint density at radius 1 is 1.31 bits per heavy atom. The van der Waals surface area contributed by atoms with Crippen molar-refractivity contribution in [1.29, 1.82) is 0 Å². The first-order chi connectivity index (χ1) is 14.1. The van der Waals surface area contributed by atoms with Crippen molar-refractivity contribution < 1.29 is 13.7 Å². The van der Waals surface area contributed by atoms with E-state index >= 15 is 0 Å². The second-order valence-corrected chi connectivity index (χ2v) is 8.94. The molecule has 1 atom stereocenters. The van der Waals surface area contributed by atoms with E-state index in [0.29, 0.717) is 35.2 Å². The number of nitrogens with zero attached hydrogens (tertiary/aromatic N) is 4. The molecule has 4 rings (SSSR count). The van der Waals surface area contributed by atoms with E-state index in [-0.39, 0.29) is 11.9 Å². The van der Waals surface area contributed by atoms with Crippen LogP contribution in [-0.4, -0.2) is 69.6 Å². The van der Waals surface area contributed by atoms with Gasteiger partial charge in [-0.1, -0.05) is 17.3 Å². The first kappa shape index (κ1) is 20.3. The highest BCUT2D eigenvalue weighted by atomic mass is 32.2. The minimum atomic E-state index is -0.272. The van der Waals surface area contributed by atoms with Gasteiger partial charge in [0.15, 0.2) is 0 Å². The van der Waals surface area contributed by atoms with Crippen LogP contribution in [0.4, 0.5) is 4.39 Å². The lowest BCUT2D eigenvalue weighted by Crippen LogP contribution is -2.48. The zero-order valence-corrected chi connectivity index (χ0v) is 17.6. The van der Waals surface area contributed by atoms with E-state index in [2.05, 4.69) is 15.0 Å². The predicted molar refractivity (Wildman–Crippen MR) is 111 cm³/mol. The van der Waals surface area contributed by atoms with E-state index in [1.807, 2.05) is 16.7 Å². The number of rotatable bonds is 6. The molecule has 8 heteroatoms. The fourth-order valence-corrected chi connectivity index (χ4v) is 4.91. The molecule has 29 heavy (non-hydrogen) atoms. The van der Waals surface area contributed by atoms with Crippen LogP contribution in [0.5, 0.6) is 0 Å². The highest BCUT2D eigenvalue weighted by Crippen LogP contribution is 2.23. The van der Waals surface area contributed by atoms with Gasteiger partial charge in [0.05, 0.1) is 6.04 Å². The number of benzene rings is 1. The molecule has 0 aliphatic carbocycles. The van der Waals surface area contributed by atoms with Gasteiger partial charge in [-0.15, -0.1) is 0 Å². The van der Waals surface area contributed by atoms with Crippen LogP contribution in [0.1, 0.15) is 30.7 Å². The van der Waals surface area contributed by atoms with Gasteiger partial charge in [0.2, 0.25) is 17.6 Å². The van der Waals surface area contributed by atoms with Gasteiger partial charge >= 0.3 is 0 Å². The highest BCUT2D eigenvalue weighted by Gasteiger charge is 2.33. The number of thioether (sulfide) groups is 1. The van der Waals surface area contributed by atoms with Gasteiger partial charge in [0.1, 0.15) is 5.82 Å². The van der Waals surface area contributed by atoms with Gasteiger partial charge in [-0.25, -0.2) is 4.39 Å². The summed E-state index contributed by atoms with van der Waals surface area (Å²) in [5.74, 6) is 3.08. The Labute approximate surface area is 174 Å². The Hall–Kier alpha value is -1.93. The van der Waals surface area contributed by atoms with E-state index in [1.54, 1.807) is 19.1 Å². The number of aryl methyl sites for hydroxylation is 2. The maximum absolute atomic E-state index is 13.8. The van der Waals surface area contributed by atoms with Gasteiger partial charge in [-0.05, 0) is 50.9 Å². The van der Waals surface area contributed by atoms with Gasteiger partial charge < -0.3 is 9.42 Å². The van der Waals surface area contributed by atoms with Crippen LogP contribution in [-0.2, 0) is 11.2 Å². The lowest BCUT2D eigenvalue weighted by atomic mass is 10.1. The summed E-state index contributed by atoms with van der Waals surface area (Å²) < 4.78 is 19.1. The Bertz CT molecular complexity index is 853. The Morgan fingerprint density at radius 3 is 2.93 bits per heavy atom. The Morgan fingerprint density at radius 2 is 2.14 bits per heavy atom. The number of aromatic nitrogens is 2. The van der Waals surface area contributed by atoms with Crippen LogP contribution in [0.2, 0.25) is 0 Å². The lowest BCUT2D eigenvalue weighted by Gasteiger charge is -2.32. The summed E-state index contributed by atoms with van der Waals surface area (Å²) in [4.78, 5) is 21.6. The van der Waals surface area contributed by atoms with Crippen molar-refractivity contribution in [1.82, 2.24) is 19.9 Å². The van der Waals surface area contributed by atoms with Gasteiger partial charge in [0.25, 0.3) is 0 Å². The van der Waals surface area contributed by atoms with Gasteiger partial charge in [-0.3, -0.25) is 9.69 Å². The number of halogens is 1. The molecule has 0 N–H and O–H groups in total. The topological polar surface area (TPSA) is 62.5 Å².